The van der Waals surface area contributed by atoms with Gasteiger partial charge in [0.2, 0.25) is 5.67 Å². The number of carbonyl (C=O) groups excluding carboxylic acids is 2. The minimum atomic E-state index is -3.88. The molecular formula is C20H21F3O4. The summed E-state index contributed by atoms with van der Waals surface area (Å²) in [6.07, 6.45) is 0.282. The van der Waals surface area contributed by atoms with Crippen molar-refractivity contribution in [1.82, 2.24) is 0 Å². The van der Waals surface area contributed by atoms with Crippen LogP contribution in [0.15, 0.2) is 46.6 Å². The van der Waals surface area contributed by atoms with Crippen LogP contribution in [0.4, 0.5) is 13.2 Å². The van der Waals surface area contributed by atoms with Crippen LogP contribution >= 0.6 is 0 Å². The van der Waals surface area contributed by atoms with Gasteiger partial charge in [-0.2, -0.15) is 8.78 Å². The van der Waals surface area contributed by atoms with E-state index in [9.17, 15) is 22.8 Å². The molecule has 7 heteroatoms. The summed E-state index contributed by atoms with van der Waals surface area (Å²) in [6.45, 7) is 1.36. The van der Waals surface area contributed by atoms with Gasteiger partial charge in [-0.3, -0.25) is 9.59 Å². The molecule has 1 fully saturated rings. The maximum atomic E-state index is 14.5. The second-order valence-corrected chi connectivity index (χ2v) is 6.93. The molecule has 0 bridgehead atoms. The van der Waals surface area contributed by atoms with E-state index in [1.54, 1.807) is 12.1 Å². The number of ether oxygens (including phenoxy) is 1. The number of allylic oxidation sites excluding steroid dienone is 2. The Balaban J connectivity index is 1.66. The highest BCUT2D eigenvalue weighted by Crippen LogP contribution is 2.46. The summed E-state index contributed by atoms with van der Waals surface area (Å²) < 4.78 is 52.5. The van der Waals surface area contributed by atoms with Gasteiger partial charge < -0.3 is 9.15 Å². The zero-order chi connectivity index (χ0) is 19.7. The van der Waals surface area contributed by atoms with E-state index in [1.165, 1.54) is 31.4 Å². The minimum absolute atomic E-state index is 0.0103. The summed E-state index contributed by atoms with van der Waals surface area (Å²) in [5, 5.41) is 0. The van der Waals surface area contributed by atoms with Gasteiger partial charge in [0.25, 0.3) is 0 Å². The Kier molecular flexibility index (Phi) is 5.42. The topological polar surface area (TPSA) is 56.5 Å². The molecular weight excluding hydrogens is 361 g/mol. The lowest BCUT2D eigenvalue weighted by Crippen LogP contribution is -2.46. The molecule has 1 saturated heterocycles. The number of alkyl halides is 3. The molecule has 146 valence electrons. The van der Waals surface area contributed by atoms with Crippen LogP contribution in [0, 0.1) is 5.92 Å². The number of halogens is 3. The maximum Gasteiger partial charge on any atom is 0.390 e. The number of carbonyl (C=O) groups is 2. The number of furan rings is 1. The lowest BCUT2D eigenvalue weighted by molar-refractivity contribution is -0.317. The van der Waals surface area contributed by atoms with E-state index in [4.69, 9.17) is 9.15 Å². The standard InChI is InChI=1S/C20H21F3O4/c1-2-19(21)10-9-14-12-13(5-8-17(14)27-20(19,22)23)15(24)6-7-16(25)18-4-3-11-26-18/h3-5,8,11-12,14,17H,2,6-7,9-10H2,1H3. The van der Waals surface area contributed by atoms with E-state index in [1.807, 2.05) is 0 Å². The molecule has 3 unspecified atom stereocenters. The molecule has 4 nitrogen and oxygen atoms in total. The first-order valence-corrected chi connectivity index (χ1v) is 9.00. The van der Waals surface area contributed by atoms with E-state index in [0.29, 0.717) is 5.57 Å². The Morgan fingerprint density at radius 1 is 1.22 bits per heavy atom. The third kappa shape index (κ3) is 3.93. The van der Waals surface area contributed by atoms with E-state index in [0.717, 1.165) is 0 Å². The van der Waals surface area contributed by atoms with Gasteiger partial charge in [0, 0.05) is 24.3 Å². The Morgan fingerprint density at radius 3 is 2.63 bits per heavy atom. The third-order valence-corrected chi connectivity index (χ3v) is 5.22. The summed E-state index contributed by atoms with van der Waals surface area (Å²) in [6, 6.07) is 3.11. The summed E-state index contributed by atoms with van der Waals surface area (Å²) >= 11 is 0. The van der Waals surface area contributed by atoms with Crippen LogP contribution in [0.1, 0.15) is 49.6 Å². The van der Waals surface area contributed by atoms with Crippen molar-refractivity contribution in [2.45, 2.75) is 56.9 Å². The second-order valence-electron chi connectivity index (χ2n) is 6.93. The first kappa shape index (κ1) is 19.6. The zero-order valence-electron chi connectivity index (χ0n) is 14.9. The Labute approximate surface area is 155 Å². The molecule has 1 aromatic rings. The van der Waals surface area contributed by atoms with Crippen molar-refractivity contribution in [2.75, 3.05) is 0 Å². The number of ketones is 2. The lowest BCUT2D eigenvalue weighted by Gasteiger charge is -2.31. The number of hydrogen-bond acceptors (Lipinski definition) is 4. The average Bonchev–Trinajstić information content (AvgIpc) is 3.16. The molecule has 0 spiro atoms. The van der Waals surface area contributed by atoms with Crippen molar-refractivity contribution in [3.05, 3.63) is 48.0 Å². The number of fused-ring (bicyclic) bond motifs is 1. The molecule has 2 aliphatic rings. The highest BCUT2D eigenvalue weighted by atomic mass is 19.3. The first-order chi connectivity index (χ1) is 12.8. The molecule has 0 N–H and O–H groups in total. The molecule has 1 aromatic heterocycles. The largest absolute Gasteiger partial charge is 0.461 e. The minimum Gasteiger partial charge on any atom is -0.461 e. The van der Waals surface area contributed by atoms with Crippen LogP contribution in [-0.2, 0) is 9.53 Å². The van der Waals surface area contributed by atoms with Crippen LogP contribution in [0.2, 0.25) is 0 Å². The van der Waals surface area contributed by atoms with Crippen LogP contribution in [-0.4, -0.2) is 29.4 Å². The van der Waals surface area contributed by atoms with Gasteiger partial charge in [0.05, 0.1) is 12.4 Å². The molecule has 3 atom stereocenters. The average molecular weight is 382 g/mol. The fourth-order valence-corrected chi connectivity index (χ4v) is 3.41. The monoisotopic (exact) mass is 382 g/mol. The van der Waals surface area contributed by atoms with Crippen LogP contribution in [0.5, 0.6) is 0 Å². The van der Waals surface area contributed by atoms with Gasteiger partial charge in [0.1, 0.15) is 0 Å². The third-order valence-electron chi connectivity index (χ3n) is 5.22. The smallest absolute Gasteiger partial charge is 0.390 e. The fraction of sp³-hybridized carbons (Fsp3) is 0.500. The van der Waals surface area contributed by atoms with Crippen LogP contribution in [0.25, 0.3) is 0 Å². The number of hydrogen-bond donors (Lipinski definition) is 0. The van der Waals surface area contributed by atoms with E-state index < -0.39 is 23.8 Å². The lowest BCUT2D eigenvalue weighted by atomic mass is 9.85. The number of Topliss-reactive ketones (excluding diaryl/α,β-unsaturated/α-hetero) is 2. The van der Waals surface area contributed by atoms with Gasteiger partial charge in [0.15, 0.2) is 17.3 Å². The van der Waals surface area contributed by atoms with E-state index in [-0.39, 0.29) is 49.4 Å². The number of rotatable bonds is 6. The molecule has 3 rings (SSSR count). The van der Waals surface area contributed by atoms with Crippen molar-refractivity contribution in [1.29, 1.82) is 0 Å². The zero-order valence-corrected chi connectivity index (χ0v) is 14.9. The molecule has 0 radical (unpaired) electrons. The first-order valence-electron chi connectivity index (χ1n) is 9.00. The predicted octanol–water partition coefficient (Wildman–Crippen LogP) is 4.81. The van der Waals surface area contributed by atoms with Crippen molar-refractivity contribution in [2.24, 2.45) is 5.92 Å². The van der Waals surface area contributed by atoms with Gasteiger partial charge >= 0.3 is 6.11 Å². The van der Waals surface area contributed by atoms with Gasteiger partial charge in [-0.05, 0) is 31.4 Å². The van der Waals surface area contributed by atoms with Crippen molar-refractivity contribution in [3.8, 4) is 0 Å². The molecule has 0 amide bonds. The fourth-order valence-electron chi connectivity index (χ4n) is 3.41. The molecule has 1 aliphatic heterocycles. The summed E-state index contributed by atoms with van der Waals surface area (Å²) in [4.78, 5) is 24.3. The van der Waals surface area contributed by atoms with Crippen LogP contribution in [0.3, 0.4) is 0 Å². The SMILES string of the molecule is CCC1(F)CCC2C=C(C(=O)CCC(=O)c3ccco3)C=CC2OC1(F)F. The van der Waals surface area contributed by atoms with Crippen molar-refractivity contribution >= 4 is 11.6 Å². The summed E-state index contributed by atoms with van der Waals surface area (Å²) in [7, 11) is 0. The second kappa shape index (κ2) is 7.46. The Bertz CT molecular complexity index is 766. The van der Waals surface area contributed by atoms with E-state index in [2.05, 4.69) is 0 Å². The highest BCUT2D eigenvalue weighted by molar-refractivity contribution is 6.02. The van der Waals surface area contributed by atoms with E-state index >= 15 is 0 Å². The normalized spacial score (nSPS) is 29.6. The quantitative estimate of drug-likeness (QED) is 0.663. The molecule has 2 heterocycles. The Morgan fingerprint density at radius 2 is 1.96 bits per heavy atom. The predicted molar refractivity (Wildman–Crippen MR) is 91.2 cm³/mol. The van der Waals surface area contributed by atoms with Crippen molar-refractivity contribution < 1.29 is 31.9 Å². The summed E-state index contributed by atoms with van der Waals surface area (Å²) in [5.74, 6) is -0.879. The molecule has 0 aromatic carbocycles. The van der Waals surface area contributed by atoms with Gasteiger partial charge in [-0.15, -0.1) is 0 Å². The Hall–Kier alpha value is -2.15. The van der Waals surface area contributed by atoms with Crippen molar-refractivity contribution in [3.63, 3.8) is 0 Å². The molecule has 27 heavy (non-hydrogen) atoms. The molecule has 0 saturated carbocycles. The van der Waals surface area contributed by atoms with Crippen LogP contribution < -0.4 is 0 Å². The van der Waals surface area contributed by atoms with Gasteiger partial charge in [-0.25, -0.2) is 4.39 Å². The summed E-state index contributed by atoms with van der Waals surface area (Å²) in [5.41, 5.74) is -2.38. The molecule has 1 aliphatic carbocycles. The maximum absolute atomic E-state index is 14.5. The van der Waals surface area contributed by atoms with Gasteiger partial charge in [-0.1, -0.05) is 25.2 Å². The highest BCUT2D eigenvalue weighted by Gasteiger charge is 2.58.